The summed E-state index contributed by atoms with van der Waals surface area (Å²) in [4.78, 5) is 34.0. The van der Waals surface area contributed by atoms with Gasteiger partial charge >= 0.3 is 6.09 Å². The maximum atomic E-state index is 11.5. The molecular formula is C14H29N3O4. The molecule has 0 spiro atoms. The number of alkyl carbamates (subject to hydrolysis) is 1. The quantitative estimate of drug-likeness (QED) is 0.750. The van der Waals surface area contributed by atoms with E-state index in [-0.39, 0.29) is 18.5 Å². The van der Waals surface area contributed by atoms with Gasteiger partial charge in [-0.1, -0.05) is 20.3 Å². The molecule has 7 nitrogen and oxygen atoms in total. The van der Waals surface area contributed by atoms with Crippen LogP contribution in [0.4, 0.5) is 4.79 Å². The minimum atomic E-state index is -0.629. The second kappa shape index (κ2) is 14.8. The highest BCUT2D eigenvalue weighted by atomic mass is 16.5. The summed E-state index contributed by atoms with van der Waals surface area (Å²) in [6.45, 7) is 4.82. The van der Waals surface area contributed by atoms with Crippen LogP contribution in [0.3, 0.4) is 0 Å². The van der Waals surface area contributed by atoms with Crippen LogP contribution in [0.1, 0.15) is 33.1 Å². The molecule has 1 aliphatic rings. The van der Waals surface area contributed by atoms with Crippen molar-refractivity contribution in [2.24, 2.45) is 0 Å². The lowest BCUT2D eigenvalue weighted by Gasteiger charge is -2.40. The fourth-order valence-electron chi connectivity index (χ4n) is 1.45. The van der Waals surface area contributed by atoms with E-state index in [4.69, 9.17) is 0 Å². The summed E-state index contributed by atoms with van der Waals surface area (Å²) in [5.74, 6) is -0.182. The number of rotatable bonds is 4. The van der Waals surface area contributed by atoms with Crippen LogP contribution < -0.4 is 10.6 Å². The van der Waals surface area contributed by atoms with Gasteiger partial charge in [0.1, 0.15) is 12.8 Å². The van der Waals surface area contributed by atoms with Gasteiger partial charge in [0.15, 0.2) is 0 Å². The molecule has 1 saturated heterocycles. The highest BCUT2D eigenvalue weighted by Gasteiger charge is 2.31. The number of aldehydes is 1. The zero-order chi connectivity index (χ0) is 16.7. The smallest absolute Gasteiger partial charge is 0.407 e. The highest BCUT2D eigenvalue weighted by Crippen LogP contribution is 2.19. The van der Waals surface area contributed by atoms with Gasteiger partial charge < -0.3 is 25.1 Å². The van der Waals surface area contributed by atoms with E-state index >= 15 is 0 Å². The fourth-order valence-corrected chi connectivity index (χ4v) is 1.45. The predicted molar refractivity (Wildman–Crippen MR) is 82.2 cm³/mol. The third kappa shape index (κ3) is 10.8. The molecule has 0 aromatic carbocycles. The summed E-state index contributed by atoms with van der Waals surface area (Å²) in [6, 6.07) is 0.00875. The summed E-state index contributed by atoms with van der Waals surface area (Å²) >= 11 is 0. The van der Waals surface area contributed by atoms with Gasteiger partial charge in [-0.2, -0.15) is 0 Å². The largest absolute Gasteiger partial charge is 0.453 e. The van der Waals surface area contributed by atoms with Crippen LogP contribution in [0.25, 0.3) is 0 Å². The molecule has 0 radical (unpaired) electrons. The first-order valence-corrected chi connectivity index (χ1v) is 7.15. The molecule has 1 rings (SSSR count). The standard InChI is InChI=1S/C9H14N2O4.C3H8.C2H7N/c1-15-9(14)10-6-8(13)11-4-2-7(11)3-5-12;2*1-3-2/h5,7H,2-4,6H2,1H3,(H,10,14);3H2,1-2H3;3H,1-2H3. The van der Waals surface area contributed by atoms with Crippen molar-refractivity contribution in [3.05, 3.63) is 0 Å². The predicted octanol–water partition coefficient (Wildman–Crippen LogP) is 0.784. The number of nitrogens with one attached hydrogen (secondary N) is 2. The van der Waals surface area contributed by atoms with Crippen LogP contribution in [-0.2, 0) is 14.3 Å². The molecule has 0 bridgehead atoms. The normalized spacial score (nSPS) is 15.3. The van der Waals surface area contributed by atoms with Crippen LogP contribution in [0, 0.1) is 0 Å². The summed E-state index contributed by atoms with van der Waals surface area (Å²) < 4.78 is 4.33. The number of ether oxygens (including phenoxy) is 1. The Kier molecular flexibility index (Phi) is 15.2. The topological polar surface area (TPSA) is 87.7 Å². The molecule has 1 atom stereocenters. The van der Waals surface area contributed by atoms with Crippen molar-refractivity contribution in [1.29, 1.82) is 0 Å². The second-order valence-corrected chi connectivity index (χ2v) is 4.48. The number of carbonyl (C=O) groups excluding carboxylic acids is 3. The SMILES string of the molecule is CCC.CNC.COC(=O)NCC(=O)N1CCC1CC=O. The van der Waals surface area contributed by atoms with Gasteiger partial charge in [0.05, 0.1) is 7.11 Å². The maximum Gasteiger partial charge on any atom is 0.407 e. The number of methoxy groups -OCH3 is 1. The molecule has 0 aromatic heterocycles. The Balaban J connectivity index is 0. The second-order valence-electron chi connectivity index (χ2n) is 4.48. The Hall–Kier alpha value is -1.63. The lowest BCUT2D eigenvalue weighted by Crippen LogP contribution is -2.54. The third-order valence-corrected chi connectivity index (χ3v) is 2.40. The summed E-state index contributed by atoms with van der Waals surface area (Å²) in [5.41, 5.74) is 0. The molecule has 0 aromatic rings. The minimum Gasteiger partial charge on any atom is -0.453 e. The van der Waals surface area contributed by atoms with Gasteiger partial charge in [-0.3, -0.25) is 4.79 Å². The van der Waals surface area contributed by atoms with Crippen LogP contribution in [0.2, 0.25) is 0 Å². The van der Waals surface area contributed by atoms with E-state index in [2.05, 4.69) is 29.2 Å². The van der Waals surface area contributed by atoms with Crippen molar-refractivity contribution in [3.8, 4) is 0 Å². The summed E-state index contributed by atoms with van der Waals surface area (Å²) in [5, 5.41) is 5.05. The average Bonchev–Trinajstić information content (AvgIpc) is 2.42. The van der Waals surface area contributed by atoms with Crippen LogP contribution in [0.15, 0.2) is 0 Å². The average molecular weight is 303 g/mol. The molecule has 2 amide bonds. The Morgan fingerprint density at radius 2 is 1.86 bits per heavy atom. The monoisotopic (exact) mass is 303 g/mol. The van der Waals surface area contributed by atoms with E-state index in [1.165, 1.54) is 13.5 Å². The molecule has 1 aliphatic heterocycles. The van der Waals surface area contributed by atoms with Crippen molar-refractivity contribution in [3.63, 3.8) is 0 Å². The van der Waals surface area contributed by atoms with E-state index in [9.17, 15) is 14.4 Å². The number of carbonyl (C=O) groups is 3. The zero-order valence-electron chi connectivity index (χ0n) is 13.8. The summed E-state index contributed by atoms with van der Waals surface area (Å²) in [6.07, 6.45) is 2.64. The van der Waals surface area contributed by atoms with Gasteiger partial charge in [0.2, 0.25) is 5.91 Å². The number of hydrogen-bond acceptors (Lipinski definition) is 5. The van der Waals surface area contributed by atoms with E-state index in [0.717, 1.165) is 12.7 Å². The first kappa shape index (κ1) is 21.7. The van der Waals surface area contributed by atoms with Gasteiger partial charge in [-0.25, -0.2) is 4.79 Å². The summed E-state index contributed by atoms with van der Waals surface area (Å²) in [7, 11) is 4.98. The number of nitrogens with zero attached hydrogens (tertiary/aromatic N) is 1. The molecule has 0 saturated carbocycles. The van der Waals surface area contributed by atoms with Crippen molar-refractivity contribution in [1.82, 2.24) is 15.5 Å². The number of likely N-dealkylation sites (tertiary alicyclic amines) is 1. The fraction of sp³-hybridized carbons (Fsp3) is 0.786. The lowest BCUT2D eigenvalue weighted by molar-refractivity contribution is -0.138. The molecule has 7 heteroatoms. The first-order valence-electron chi connectivity index (χ1n) is 7.15. The van der Waals surface area contributed by atoms with Gasteiger partial charge in [-0.15, -0.1) is 0 Å². The minimum absolute atomic E-state index is 0.00875. The third-order valence-electron chi connectivity index (χ3n) is 2.40. The first-order chi connectivity index (χ1) is 10.0. The maximum absolute atomic E-state index is 11.5. The number of amides is 2. The Morgan fingerprint density at radius 1 is 1.33 bits per heavy atom. The van der Waals surface area contributed by atoms with Crippen LogP contribution in [-0.4, -0.2) is 63.5 Å². The number of hydrogen-bond donors (Lipinski definition) is 2. The molecule has 2 N–H and O–H groups in total. The van der Waals surface area contributed by atoms with Crippen molar-refractivity contribution in [2.75, 3.05) is 34.3 Å². The molecule has 21 heavy (non-hydrogen) atoms. The molecule has 0 aliphatic carbocycles. The van der Waals surface area contributed by atoms with E-state index in [1.54, 1.807) is 4.90 Å². The molecule has 1 unspecified atom stereocenters. The van der Waals surface area contributed by atoms with Crippen molar-refractivity contribution >= 4 is 18.3 Å². The van der Waals surface area contributed by atoms with E-state index in [0.29, 0.717) is 13.0 Å². The highest BCUT2D eigenvalue weighted by molar-refractivity contribution is 5.83. The van der Waals surface area contributed by atoms with Gasteiger partial charge in [-0.05, 0) is 20.5 Å². The zero-order valence-corrected chi connectivity index (χ0v) is 13.8. The Labute approximate surface area is 127 Å². The molecule has 124 valence electrons. The molecular weight excluding hydrogens is 274 g/mol. The lowest BCUT2D eigenvalue weighted by atomic mass is 10.0. The molecule has 1 fully saturated rings. The van der Waals surface area contributed by atoms with Crippen molar-refractivity contribution in [2.45, 2.75) is 39.2 Å². The molecule has 1 heterocycles. The Morgan fingerprint density at radius 3 is 2.19 bits per heavy atom. The van der Waals surface area contributed by atoms with E-state index < -0.39 is 6.09 Å². The van der Waals surface area contributed by atoms with Crippen LogP contribution >= 0.6 is 0 Å². The van der Waals surface area contributed by atoms with Crippen LogP contribution in [0.5, 0.6) is 0 Å². The van der Waals surface area contributed by atoms with Gasteiger partial charge in [0, 0.05) is 19.0 Å². The Bertz CT molecular complexity index is 296. The van der Waals surface area contributed by atoms with Crippen molar-refractivity contribution < 1.29 is 19.1 Å². The van der Waals surface area contributed by atoms with E-state index in [1.807, 2.05) is 14.1 Å². The van der Waals surface area contributed by atoms with Gasteiger partial charge in [0.25, 0.3) is 0 Å².